The molecule has 0 fully saturated rings. The van der Waals surface area contributed by atoms with Gasteiger partial charge in [0.2, 0.25) is 23.0 Å². The van der Waals surface area contributed by atoms with Crippen LogP contribution >= 0.6 is 0 Å². The molecule has 0 saturated heterocycles. The van der Waals surface area contributed by atoms with Gasteiger partial charge in [-0.2, -0.15) is 0 Å². The quantitative estimate of drug-likeness (QED) is 0.0485. The van der Waals surface area contributed by atoms with Crippen LogP contribution in [-0.4, -0.2) is 181 Å². The zero-order chi connectivity index (χ0) is 63.6. The maximum atomic E-state index is 15.4. The minimum atomic E-state index is -4.44. The smallest absolute Gasteiger partial charge is 0.339 e. The number of rotatable bonds is 5. The molecule has 0 radical (unpaired) electrons. The first kappa shape index (κ1) is 57.0. The Balaban J connectivity index is 1.17. The Morgan fingerprint density at radius 1 is 0.500 bits per heavy atom. The molecule has 19 N–H and O–H groups in total. The fraction of sp³-hybridized carbons (Fsp3) is 0.214. The normalized spacial score (nSPS) is 24.8. The van der Waals surface area contributed by atoms with Crippen LogP contribution in [0, 0.1) is 0 Å². The van der Waals surface area contributed by atoms with Gasteiger partial charge in [-0.15, -0.1) is 0 Å². The zero-order valence-corrected chi connectivity index (χ0v) is 43.5. The van der Waals surface area contributed by atoms with Gasteiger partial charge in [0.15, 0.2) is 87.7 Å². The number of Topliss-reactive ketones (excluding diaryl/α,β-unsaturated/α-hetero) is 1. The Morgan fingerprint density at radius 2 is 1.06 bits per heavy atom. The number of ketones is 1. The van der Waals surface area contributed by atoms with Gasteiger partial charge in [-0.1, -0.05) is 6.07 Å². The highest BCUT2D eigenvalue weighted by Crippen LogP contribution is 2.65. The molecule has 2 bridgehead atoms. The van der Waals surface area contributed by atoms with E-state index in [1.165, 1.54) is 0 Å². The van der Waals surface area contributed by atoms with Crippen LogP contribution in [-0.2, 0) is 39.7 Å². The molecule has 0 aromatic heterocycles. The number of phenolic OH excluding ortho intramolecular Hbond substituents is 15. The van der Waals surface area contributed by atoms with Crippen molar-refractivity contribution in [3.8, 4) is 109 Å². The minimum Gasteiger partial charge on any atom is -0.507 e. The SMILES string of the molecule is O=C1O[C@H]2[C@H]([C@@H]3OC(=O)c4cc(O)c(O)c(O)c4-c4c(cc(O)c(O)c4O)C(=O)OC[C@@H]3OC(=O)c3cc(O)c(O)c(O)c3)OC(=O)c3cc(O)c(O)c4c3[C@H]3C1=C(C(=O)C(O)(O)[C@@]3(O)O4)[C@H]2c1c(O)cc(O)c2c1O[C@H](c1ccc(O)c(O)c1)[C@@H](O)C2. The van der Waals surface area contributed by atoms with Gasteiger partial charge < -0.3 is 130 Å². The fourth-order valence-corrected chi connectivity index (χ4v) is 11.8. The molecule has 6 aliphatic rings. The first-order valence-corrected chi connectivity index (χ1v) is 25.4. The van der Waals surface area contributed by atoms with E-state index in [4.69, 9.17) is 33.2 Å². The van der Waals surface area contributed by atoms with Gasteiger partial charge in [-0.3, -0.25) is 4.79 Å². The first-order chi connectivity index (χ1) is 41.4. The lowest BCUT2D eigenvalue weighted by Crippen LogP contribution is -2.69. The summed E-state index contributed by atoms with van der Waals surface area (Å²) in [5.74, 6) is -46.4. The lowest BCUT2D eigenvalue weighted by atomic mass is 9.64. The van der Waals surface area contributed by atoms with Crippen molar-refractivity contribution in [3.05, 3.63) is 110 Å². The molecule has 32 nitrogen and oxygen atoms in total. The summed E-state index contributed by atoms with van der Waals surface area (Å²) < 4.78 is 41.1. The third kappa shape index (κ3) is 7.99. The van der Waals surface area contributed by atoms with Crippen LogP contribution in [0.3, 0.4) is 0 Å². The van der Waals surface area contributed by atoms with E-state index >= 15 is 19.2 Å². The van der Waals surface area contributed by atoms with Gasteiger partial charge >= 0.3 is 29.8 Å². The Kier molecular flexibility index (Phi) is 12.5. The van der Waals surface area contributed by atoms with Crippen molar-refractivity contribution in [1.29, 1.82) is 0 Å². The van der Waals surface area contributed by atoms with Crippen molar-refractivity contribution in [2.75, 3.05) is 6.61 Å². The lowest BCUT2D eigenvalue weighted by molar-refractivity contribution is -0.324. The Hall–Kier alpha value is -11.5. The highest BCUT2D eigenvalue weighted by molar-refractivity contribution is 6.14. The van der Waals surface area contributed by atoms with Crippen molar-refractivity contribution >= 4 is 35.6 Å². The molecular weight excluding hydrogens is 1180 g/mol. The van der Waals surface area contributed by atoms with Crippen LogP contribution in [0.25, 0.3) is 11.1 Å². The number of ether oxygens (including phenoxy) is 7. The van der Waals surface area contributed by atoms with Gasteiger partial charge in [-0.05, 0) is 48.0 Å². The number of carbonyl (C=O) groups excluding carboxylic acids is 6. The van der Waals surface area contributed by atoms with E-state index in [1.807, 2.05) is 0 Å². The minimum absolute atomic E-state index is 0.167. The lowest BCUT2D eigenvalue weighted by Gasteiger charge is -2.49. The number of benzene rings is 6. The standard InChI is InChI=1S/C56H40O32/c57-18-2-1-12(3-20(18)59)43-27(66)6-14-19(58)10-21(60)32(44(14)84-43)33-34-35-36-31-17(9-26(65)40(70)46(31)88-56(36,81)55(79,80)49(34)73)53(77)87-48(47(33)86-54(35)78)45-28(83-50(74)13-4-22(61)37(67)23(62)5-13)11-82-51(75)15-7-24(63)38(68)41(71)29(15)30-16(52(76)85-45)8-25(64)39(69)42(30)72/h1-5,7-10,27-28,33,36,43,45,47-48,57-72,79-81H,6,11H2/t27-,28-,33+,36-,43+,45+,47+,48-,56-/m0/s1. The Bertz CT molecular complexity index is 4210. The predicted molar refractivity (Wildman–Crippen MR) is 274 cm³/mol. The third-order valence-corrected chi connectivity index (χ3v) is 15.8. The Morgan fingerprint density at radius 3 is 1.68 bits per heavy atom. The van der Waals surface area contributed by atoms with Crippen molar-refractivity contribution in [3.63, 3.8) is 0 Å². The van der Waals surface area contributed by atoms with Gasteiger partial charge in [0.25, 0.3) is 11.6 Å². The largest absolute Gasteiger partial charge is 0.507 e. The summed E-state index contributed by atoms with van der Waals surface area (Å²) in [6.45, 7) is -1.65. The second-order valence-corrected chi connectivity index (χ2v) is 20.8. The number of carbonyl (C=O) groups is 6. The van der Waals surface area contributed by atoms with E-state index in [1.54, 1.807) is 0 Å². The van der Waals surface area contributed by atoms with Crippen LogP contribution in [0.15, 0.2) is 65.7 Å². The second kappa shape index (κ2) is 19.3. The summed E-state index contributed by atoms with van der Waals surface area (Å²) in [6, 6.07) is 5.52. The van der Waals surface area contributed by atoms with Gasteiger partial charge in [0.05, 0.1) is 45.8 Å². The average molecular weight is 1220 g/mol. The molecule has 0 spiro atoms. The van der Waals surface area contributed by atoms with Crippen molar-refractivity contribution < 1.29 is 159 Å². The number of esters is 5. The number of fused-ring (bicyclic) bond motifs is 6. The predicted octanol–water partition coefficient (Wildman–Crippen LogP) is 0.569. The molecule has 5 aliphatic heterocycles. The van der Waals surface area contributed by atoms with Crippen LogP contribution < -0.4 is 9.47 Å². The summed E-state index contributed by atoms with van der Waals surface area (Å²) in [4.78, 5) is 90.4. The monoisotopic (exact) mass is 1220 g/mol. The Labute approximate surface area is 485 Å². The summed E-state index contributed by atoms with van der Waals surface area (Å²) >= 11 is 0. The molecule has 0 saturated carbocycles. The number of hydrogen-bond donors (Lipinski definition) is 19. The molecule has 9 atom stereocenters. The molecule has 1 aliphatic carbocycles. The van der Waals surface area contributed by atoms with Crippen molar-refractivity contribution in [1.82, 2.24) is 0 Å². The van der Waals surface area contributed by atoms with E-state index in [0.717, 1.165) is 18.2 Å². The number of phenols is 15. The molecule has 12 rings (SSSR count). The molecule has 6 aromatic carbocycles. The van der Waals surface area contributed by atoms with E-state index in [-0.39, 0.29) is 11.6 Å². The summed E-state index contributed by atoms with van der Waals surface area (Å²) in [5, 5.41) is 212. The van der Waals surface area contributed by atoms with E-state index < -0.39 is 268 Å². The third-order valence-electron chi connectivity index (χ3n) is 15.8. The summed E-state index contributed by atoms with van der Waals surface area (Å²) in [6.07, 6.45) is -16.0. The number of hydrogen-bond acceptors (Lipinski definition) is 32. The maximum absolute atomic E-state index is 15.4. The van der Waals surface area contributed by atoms with Gasteiger partial charge in [0, 0.05) is 45.9 Å². The second-order valence-electron chi connectivity index (χ2n) is 20.8. The van der Waals surface area contributed by atoms with Crippen LogP contribution in [0.2, 0.25) is 0 Å². The van der Waals surface area contributed by atoms with E-state index in [0.29, 0.717) is 30.3 Å². The highest BCUT2D eigenvalue weighted by Gasteiger charge is 2.75. The first-order valence-electron chi connectivity index (χ1n) is 25.4. The molecule has 32 heteroatoms. The number of aliphatic hydroxyl groups is 4. The van der Waals surface area contributed by atoms with Crippen molar-refractivity contribution in [2.45, 2.75) is 66.5 Å². The van der Waals surface area contributed by atoms with Crippen LogP contribution in [0.5, 0.6) is 97.7 Å². The van der Waals surface area contributed by atoms with E-state index in [9.17, 15) is 107 Å². The van der Waals surface area contributed by atoms with Gasteiger partial charge in [0.1, 0.15) is 30.0 Å². The fourth-order valence-electron chi connectivity index (χ4n) is 11.8. The topological polar surface area (TPSA) is 551 Å². The molecule has 0 amide bonds. The van der Waals surface area contributed by atoms with Crippen molar-refractivity contribution in [2.24, 2.45) is 0 Å². The number of aliphatic hydroxyl groups excluding tert-OH is 1. The molecule has 456 valence electrons. The van der Waals surface area contributed by atoms with Gasteiger partial charge in [-0.25, -0.2) is 24.0 Å². The summed E-state index contributed by atoms with van der Waals surface area (Å²) in [5.41, 5.74) is -12.2. The highest BCUT2D eigenvalue weighted by atomic mass is 16.7. The summed E-state index contributed by atoms with van der Waals surface area (Å²) in [7, 11) is 0. The molecule has 5 heterocycles. The molecule has 6 aromatic rings. The average Bonchev–Trinajstić information content (AvgIpc) is 1.37. The van der Waals surface area contributed by atoms with Crippen LogP contribution in [0.4, 0.5) is 0 Å². The molecular formula is C56H40O32. The molecule has 88 heavy (non-hydrogen) atoms. The zero-order valence-electron chi connectivity index (χ0n) is 43.5. The maximum Gasteiger partial charge on any atom is 0.339 e. The molecule has 0 unspecified atom stereocenters. The van der Waals surface area contributed by atoms with E-state index in [2.05, 4.69) is 0 Å². The number of cyclic esters (lactones) is 3. The number of aromatic hydroxyl groups is 15. The van der Waals surface area contributed by atoms with Crippen LogP contribution in [0.1, 0.15) is 81.6 Å².